The quantitative estimate of drug-likeness (QED) is 0.661. The van der Waals surface area contributed by atoms with Crippen LogP contribution in [-0.4, -0.2) is 29.4 Å². The van der Waals surface area contributed by atoms with Crippen molar-refractivity contribution in [2.75, 3.05) is 18.4 Å². The number of halogens is 1. The largest absolute Gasteiger partial charge is 0.300 e. The molecule has 1 aliphatic rings. The van der Waals surface area contributed by atoms with Crippen molar-refractivity contribution < 1.29 is 0 Å². The lowest BCUT2D eigenvalue weighted by Gasteiger charge is -2.30. The molecule has 0 spiro atoms. The summed E-state index contributed by atoms with van der Waals surface area (Å²) in [6.07, 6.45) is 2.85. The third kappa shape index (κ3) is 3.06. The molecule has 0 bridgehead atoms. The van der Waals surface area contributed by atoms with Crippen molar-refractivity contribution in [1.29, 1.82) is 0 Å². The Hall–Kier alpha value is 0.440. The van der Waals surface area contributed by atoms with Crippen LogP contribution < -0.4 is 0 Å². The van der Waals surface area contributed by atoms with E-state index in [0.717, 1.165) is 11.4 Å². The number of nitrogens with zero attached hydrogens (tertiary/aromatic N) is 1. The first kappa shape index (κ1) is 10.5. The highest BCUT2D eigenvalue weighted by molar-refractivity contribution is 9.09. The second kappa shape index (κ2) is 4.10. The monoisotopic (exact) mass is 233 g/mol. The molecular formula is C10H20BrN. The molecule has 0 heterocycles. The van der Waals surface area contributed by atoms with Gasteiger partial charge < -0.3 is 4.90 Å². The highest BCUT2D eigenvalue weighted by Crippen LogP contribution is 2.30. The van der Waals surface area contributed by atoms with Crippen LogP contribution in [0.5, 0.6) is 0 Å². The van der Waals surface area contributed by atoms with Gasteiger partial charge in [0.05, 0.1) is 0 Å². The summed E-state index contributed by atoms with van der Waals surface area (Å²) < 4.78 is 0. The molecule has 0 saturated heterocycles. The molecule has 0 aromatic carbocycles. The molecular weight excluding hydrogens is 214 g/mol. The van der Waals surface area contributed by atoms with Crippen LogP contribution in [0.4, 0.5) is 0 Å². The summed E-state index contributed by atoms with van der Waals surface area (Å²) in [4.78, 5) is 2.61. The summed E-state index contributed by atoms with van der Waals surface area (Å²) >= 11 is 3.57. The Kier molecular flexibility index (Phi) is 3.59. The number of rotatable bonds is 5. The first-order valence-electron chi connectivity index (χ1n) is 4.89. The van der Waals surface area contributed by atoms with E-state index in [0.29, 0.717) is 5.41 Å². The topological polar surface area (TPSA) is 3.24 Å². The molecule has 0 aromatic heterocycles. The lowest BCUT2D eigenvalue weighted by Crippen LogP contribution is -2.36. The first-order chi connectivity index (χ1) is 5.59. The summed E-state index contributed by atoms with van der Waals surface area (Å²) in [6.45, 7) is 9.36. The van der Waals surface area contributed by atoms with E-state index in [4.69, 9.17) is 0 Å². The van der Waals surface area contributed by atoms with Crippen molar-refractivity contribution in [2.24, 2.45) is 5.41 Å². The molecule has 0 unspecified atom stereocenters. The SMILES string of the molecule is CCN(CC(C)(C)CBr)C1CC1. The minimum Gasteiger partial charge on any atom is -0.300 e. The molecule has 0 amide bonds. The van der Waals surface area contributed by atoms with Crippen LogP contribution in [0, 0.1) is 5.41 Å². The number of hydrogen-bond donors (Lipinski definition) is 0. The van der Waals surface area contributed by atoms with Gasteiger partial charge in [-0.2, -0.15) is 0 Å². The van der Waals surface area contributed by atoms with Gasteiger partial charge in [0.25, 0.3) is 0 Å². The Morgan fingerprint density at radius 3 is 2.33 bits per heavy atom. The van der Waals surface area contributed by atoms with Crippen molar-refractivity contribution in [3.63, 3.8) is 0 Å². The standard InChI is InChI=1S/C10H20BrN/c1-4-12(9-5-6-9)8-10(2,3)7-11/h9H,4-8H2,1-3H3. The van der Waals surface area contributed by atoms with Gasteiger partial charge in [0, 0.05) is 17.9 Å². The fourth-order valence-corrected chi connectivity index (χ4v) is 1.71. The van der Waals surface area contributed by atoms with E-state index in [1.54, 1.807) is 0 Å². The van der Waals surface area contributed by atoms with Crippen molar-refractivity contribution in [2.45, 2.75) is 39.7 Å². The Bertz CT molecular complexity index is 141. The maximum Gasteiger partial charge on any atom is 0.00965 e. The highest BCUT2D eigenvalue weighted by Gasteiger charge is 2.31. The molecule has 0 radical (unpaired) electrons. The molecule has 0 aromatic rings. The van der Waals surface area contributed by atoms with Crippen LogP contribution in [0.1, 0.15) is 33.6 Å². The molecule has 1 nitrogen and oxygen atoms in total. The number of alkyl halides is 1. The second-order valence-corrected chi connectivity index (χ2v) is 5.15. The molecule has 0 atom stereocenters. The third-order valence-corrected chi connectivity index (χ3v) is 3.98. The smallest absolute Gasteiger partial charge is 0.00965 e. The summed E-state index contributed by atoms with van der Waals surface area (Å²) in [5.41, 5.74) is 0.429. The molecule has 12 heavy (non-hydrogen) atoms. The van der Waals surface area contributed by atoms with E-state index >= 15 is 0 Å². The van der Waals surface area contributed by atoms with Crippen LogP contribution in [0.2, 0.25) is 0 Å². The van der Waals surface area contributed by atoms with Gasteiger partial charge in [-0.1, -0.05) is 36.7 Å². The summed E-state index contributed by atoms with van der Waals surface area (Å²) in [5, 5.41) is 1.10. The molecule has 72 valence electrons. The fraction of sp³-hybridized carbons (Fsp3) is 1.00. The van der Waals surface area contributed by atoms with Gasteiger partial charge in [0.15, 0.2) is 0 Å². The predicted molar refractivity (Wildman–Crippen MR) is 57.8 cm³/mol. The van der Waals surface area contributed by atoms with Crippen molar-refractivity contribution >= 4 is 15.9 Å². The van der Waals surface area contributed by atoms with Gasteiger partial charge in [0.1, 0.15) is 0 Å². The van der Waals surface area contributed by atoms with Crippen LogP contribution in [-0.2, 0) is 0 Å². The average molecular weight is 234 g/mol. The molecule has 1 fully saturated rings. The summed E-state index contributed by atoms with van der Waals surface area (Å²) in [5.74, 6) is 0. The molecule has 2 heteroatoms. The van der Waals surface area contributed by atoms with Gasteiger partial charge in [-0.3, -0.25) is 0 Å². The lowest BCUT2D eigenvalue weighted by atomic mass is 9.96. The lowest BCUT2D eigenvalue weighted by molar-refractivity contribution is 0.195. The third-order valence-electron chi connectivity index (χ3n) is 2.46. The second-order valence-electron chi connectivity index (χ2n) is 4.59. The Morgan fingerprint density at radius 1 is 1.42 bits per heavy atom. The van der Waals surface area contributed by atoms with Gasteiger partial charge in [-0.05, 0) is 24.8 Å². The Balaban J connectivity index is 2.35. The van der Waals surface area contributed by atoms with Crippen LogP contribution >= 0.6 is 15.9 Å². The summed E-state index contributed by atoms with van der Waals surface area (Å²) in [6, 6.07) is 0.910. The van der Waals surface area contributed by atoms with E-state index in [9.17, 15) is 0 Å². The zero-order chi connectivity index (χ0) is 9.19. The number of hydrogen-bond acceptors (Lipinski definition) is 1. The maximum atomic E-state index is 3.57. The molecule has 1 aliphatic carbocycles. The molecule has 0 aliphatic heterocycles. The van der Waals surface area contributed by atoms with Crippen LogP contribution in [0.3, 0.4) is 0 Å². The predicted octanol–water partition coefficient (Wildman–Crippen LogP) is 2.89. The molecule has 1 saturated carbocycles. The zero-order valence-corrected chi connectivity index (χ0v) is 10.0. The highest BCUT2D eigenvalue weighted by atomic mass is 79.9. The van der Waals surface area contributed by atoms with Gasteiger partial charge in [0.2, 0.25) is 0 Å². The maximum absolute atomic E-state index is 3.57. The van der Waals surface area contributed by atoms with E-state index in [1.807, 2.05) is 0 Å². The minimum absolute atomic E-state index is 0.429. The van der Waals surface area contributed by atoms with E-state index in [1.165, 1.54) is 25.9 Å². The van der Waals surface area contributed by atoms with Gasteiger partial charge in [-0.25, -0.2) is 0 Å². The van der Waals surface area contributed by atoms with Crippen LogP contribution in [0.15, 0.2) is 0 Å². The van der Waals surface area contributed by atoms with Gasteiger partial charge >= 0.3 is 0 Å². The van der Waals surface area contributed by atoms with Crippen molar-refractivity contribution in [3.8, 4) is 0 Å². The zero-order valence-electron chi connectivity index (χ0n) is 8.44. The van der Waals surface area contributed by atoms with E-state index < -0.39 is 0 Å². The van der Waals surface area contributed by atoms with Crippen molar-refractivity contribution in [1.82, 2.24) is 4.90 Å². The summed E-state index contributed by atoms with van der Waals surface area (Å²) in [7, 11) is 0. The van der Waals surface area contributed by atoms with Crippen LogP contribution in [0.25, 0.3) is 0 Å². The van der Waals surface area contributed by atoms with Gasteiger partial charge in [-0.15, -0.1) is 0 Å². The fourth-order valence-electron chi connectivity index (χ4n) is 1.53. The normalized spacial score (nSPS) is 18.8. The Labute approximate surface area is 84.6 Å². The Morgan fingerprint density at radius 2 is 2.00 bits per heavy atom. The first-order valence-corrected chi connectivity index (χ1v) is 6.01. The van der Waals surface area contributed by atoms with E-state index in [-0.39, 0.29) is 0 Å². The van der Waals surface area contributed by atoms with Crippen molar-refractivity contribution in [3.05, 3.63) is 0 Å². The molecule has 1 rings (SSSR count). The van der Waals surface area contributed by atoms with E-state index in [2.05, 4.69) is 41.6 Å². The minimum atomic E-state index is 0.429. The molecule has 0 N–H and O–H groups in total. The average Bonchev–Trinajstić information content (AvgIpc) is 2.83.